The van der Waals surface area contributed by atoms with Crippen LogP contribution >= 0.6 is 0 Å². The van der Waals surface area contributed by atoms with Gasteiger partial charge in [0.25, 0.3) is 0 Å². The first-order valence-electron chi connectivity index (χ1n) is 6.28. The third kappa shape index (κ3) is 4.42. The molecule has 0 amide bonds. The Balaban J connectivity index is 2.90. The Hall–Kier alpha value is -0.870. The summed E-state index contributed by atoms with van der Waals surface area (Å²) in [4.78, 5) is 0. The first kappa shape index (κ1) is 15.2. The van der Waals surface area contributed by atoms with Crippen LogP contribution in [-0.4, -0.2) is 24.1 Å². The van der Waals surface area contributed by atoms with Crippen molar-refractivity contribution in [1.82, 2.24) is 5.32 Å². The molecule has 0 aliphatic rings. The molecule has 3 nitrogen and oxygen atoms in total. The van der Waals surface area contributed by atoms with Gasteiger partial charge in [-0.05, 0) is 37.6 Å². The lowest BCUT2D eigenvalue weighted by atomic mass is 10.0. The van der Waals surface area contributed by atoms with Crippen molar-refractivity contribution >= 4 is 10.8 Å². The van der Waals surface area contributed by atoms with Gasteiger partial charge < -0.3 is 10.1 Å². The second-order valence-electron chi connectivity index (χ2n) is 4.46. The highest BCUT2D eigenvalue weighted by Crippen LogP contribution is 2.24. The molecule has 0 heterocycles. The highest BCUT2D eigenvalue weighted by molar-refractivity contribution is 7.83. The molecular formula is C14H23NO2S. The van der Waals surface area contributed by atoms with Crippen molar-refractivity contribution in [2.45, 2.75) is 32.1 Å². The van der Waals surface area contributed by atoms with Crippen molar-refractivity contribution in [3.05, 3.63) is 29.3 Å². The summed E-state index contributed by atoms with van der Waals surface area (Å²) in [5.41, 5.74) is 2.23. The van der Waals surface area contributed by atoms with Crippen LogP contribution in [0.5, 0.6) is 5.75 Å². The minimum Gasteiger partial charge on any atom is -0.496 e. The quantitative estimate of drug-likeness (QED) is 0.827. The van der Waals surface area contributed by atoms with Crippen LogP contribution in [0.3, 0.4) is 0 Å². The molecule has 102 valence electrons. The standard InChI is InChI=1S/C14H23NO2S/c1-5-8-15-11(2)12-6-7-14(17-3)13(9-12)10-18(4)16/h6-7,9,11,15H,5,8,10H2,1-4H3. The third-order valence-electron chi connectivity index (χ3n) is 2.86. The molecule has 1 aromatic rings. The average molecular weight is 269 g/mol. The number of hydrogen-bond acceptors (Lipinski definition) is 3. The smallest absolute Gasteiger partial charge is 0.123 e. The van der Waals surface area contributed by atoms with Crippen molar-refractivity contribution in [3.63, 3.8) is 0 Å². The first-order chi connectivity index (χ1) is 8.58. The van der Waals surface area contributed by atoms with E-state index in [-0.39, 0.29) is 0 Å². The normalized spacial score (nSPS) is 14.2. The zero-order chi connectivity index (χ0) is 13.5. The van der Waals surface area contributed by atoms with E-state index in [1.807, 2.05) is 6.07 Å². The lowest BCUT2D eigenvalue weighted by molar-refractivity contribution is 0.410. The maximum Gasteiger partial charge on any atom is 0.123 e. The summed E-state index contributed by atoms with van der Waals surface area (Å²) in [6.45, 7) is 5.30. The van der Waals surface area contributed by atoms with Gasteiger partial charge in [-0.25, -0.2) is 0 Å². The molecule has 0 radical (unpaired) electrons. The molecule has 0 spiro atoms. The Kier molecular flexibility index (Phi) is 6.36. The molecule has 0 fully saturated rings. The van der Waals surface area contributed by atoms with Gasteiger partial charge in [-0.3, -0.25) is 4.21 Å². The molecule has 0 aromatic heterocycles. The van der Waals surface area contributed by atoms with Crippen molar-refractivity contribution in [1.29, 1.82) is 0 Å². The summed E-state index contributed by atoms with van der Waals surface area (Å²) >= 11 is 0. The van der Waals surface area contributed by atoms with E-state index in [1.54, 1.807) is 13.4 Å². The van der Waals surface area contributed by atoms with Gasteiger partial charge in [0, 0.05) is 28.7 Å². The van der Waals surface area contributed by atoms with Crippen LogP contribution in [-0.2, 0) is 16.6 Å². The summed E-state index contributed by atoms with van der Waals surface area (Å²) in [7, 11) is 0.793. The van der Waals surface area contributed by atoms with Crippen LogP contribution in [0.2, 0.25) is 0 Å². The van der Waals surface area contributed by atoms with Gasteiger partial charge in [0.1, 0.15) is 5.75 Å². The fourth-order valence-corrected chi connectivity index (χ4v) is 2.54. The predicted molar refractivity (Wildman–Crippen MR) is 77.5 cm³/mol. The van der Waals surface area contributed by atoms with E-state index in [2.05, 4.69) is 31.3 Å². The molecular weight excluding hydrogens is 246 g/mol. The van der Waals surface area contributed by atoms with Crippen LogP contribution < -0.4 is 10.1 Å². The molecule has 0 bridgehead atoms. The van der Waals surface area contributed by atoms with Gasteiger partial charge in [-0.15, -0.1) is 0 Å². The molecule has 0 saturated carbocycles. The van der Waals surface area contributed by atoms with Crippen molar-refractivity contribution in [2.24, 2.45) is 0 Å². The number of methoxy groups -OCH3 is 1. The second-order valence-corrected chi connectivity index (χ2v) is 5.90. The summed E-state index contributed by atoms with van der Waals surface area (Å²) < 4.78 is 16.7. The molecule has 1 N–H and O–H groups in total. The van der Waals surface area contributed by atoms with E-state index in [4.69, 9.17) is 4.74 Å². The Morgan fingerprint density at radius 2 is 2.17 bits per heavy atom. The molecule has 1 aromatic carbocycles. The van der Waals surface area contributed by atoms with E-state index < -0.39 is 10.8 Å². The minimum atomic E-state index is -0.856. The third-order valence-corrected chi connectivity index (χ3v) is 3.58. The van der Waals surface area contributed by atoms with Crippen LogP contribution in [0.25, 0.3) is 0 Å². The lowest BCUT2D eigenvalue weighted by Gasteiger charge is -2.16. The van der Waals surface area contributed by atoms with Crippen molar-refractivity contribution in [2.75, 3.05) is 19.9 Å². The van der Waals surface area contributed by atoms with Crippen molar-refractivity contribution < 1.29 is 8.95 Å². The molecule has 4 heteroatoms. The van der Waals surface area contributed by atoms with E-state index in [9.17, 15) is 4.21 Å². The Morgan fingerprint density at radius 3 is 2.72 bits per heavy atom. The summed E-state index contributed by atoms with van der Waals surface area (Å²) in [5, 5.41) is 3.45. The van der Waals surface area contributed by atoms with Crippen LogP contribution in [0.4, 0.5) is 0 Å². The Bertz CT molecular complexity index is 407. The lowest BCUT2D eigenvalue weighted by Crippen LogP contribution is -2.19. The highest BCUT2D eigenvalue weighted by atomic mass is 32.2. The number of ether oxygens (including phenoxy) is 1. The molecule has 2 atom stereocenters. The van der Waals surface area contributed by atoms with Crippen LogP contribution in [0.15, 0.2) is 18.2 Å². The van der Waals surface area contributed by atoms with Gasteiger partial charge in [-0.1, -0.05) is 13.0 Å². The number of nitrogens with one attached hydrogen (secondary N) is 1. The van der Waals surface area contributed by atoms with Gasteiger partial charge in [0.2, 0.25) is 0 Å². The first-order valence-corrected chi connectivity index (χ1v) is 8.01. The van der Waals surface area contributed by atoms with Crippen LogP contribution in [0.1, 0.15) is 37.4 Å². The molecule has 0 aliphatic heterocycles. The van der Waals surface area contributed by atoms with Crippen LogP contribution in [0, 0.1) is 0 Å². The zero-order valence-electron chi connectivity index (χ0n) is 11.7. The van der Waals surface area contributed by atoms with Gasteiger partial charge in [0.05, 0.1) is 12.9 Å². The van der Waals surface area contributed by atoms with Gasteiger partial charge >= 0.3 is 0 Å². The van der Waals surface area contributed by atoms with E-state index >= 15 is 0 Å². The highest BCUT2D eigenvalue weighted by Gasteiger charge is 2.10. The van der Waals surface area contributed by atoms with Gasteiger partial charge in [0.15, 0.2) is 0 Å². The van der Waals surface area contributed by atoms with E-state index in [0.717, 1.165) is 24.3 Å². The predicted octanol–water partition coefficient (Wildman–Crippen LogP) is 2.63. The maximum absolute atomic E-state index is 11.4. The topological polar surface area (TPSA) is 38.3 Å². The number of hydrogen-bond donors (Lipinski definition) is 1. The van der Waals surface area contributed by atoms with Gasteiger partial charge in [-0.2, -0.15) is 0 Å². The fourth-order valence-electron chi connectivity index (χ4n) is 1.88. The molecule has 0 saturated heterocycles. The van der Waals surface area contributed by atoms with Crippen molar-refractivity contribution in [3.8, 4) is 5.75 Å². The Morgan fingerprint density at radius 1 is 1.44 bits per heavy atom. The monoisotopic (exact) mass is 269 g/mol. The maximum atomic E-state index is 11.4. The number of rotatable bonds is 7. The summed E-state index contributed by atoms with van der Waals surface area (Å²) in [6.07, 6.45) is 2.83. The van der Waals surface area contributed by atoms with E-state index in [0.29, 0.717) is 11.8 Å². The summed E-state index contributed by atoms with van der Waals surface area (Å²) in [6, 6.07) is 6.42. The SMILES string of the molecule is CCCNC(C)c1ccc(OC)c(CS(C)=O)c1. The largest absolute Gasteiger partial charge is 0.496 e. The van der Waals surface area contributed by atoms with E-state index in [1.165, 1.54) is 5.56 Å². The number of benzene rings is 1. The average Bonchev–Trinajstić information content (AvgIpc) is 2.35. The zero-order valence-corrected chi connectivity index (χ0v) is 12.5. The Labute approximate surface area is 112 Å². The minimum absolute atomic E-state index is 0.305. The molecule has 1 rings (SSSR count). The molecule has 0 aliphatic carbocycles. The molecule has 2 unspecified atom stereocenters. The second kappa shape index (κ2) is 7.54. The summed E-state index contributed by atoms with van der Waals surface area (Å²) in [5.74, 6) is 1.36. The molecule has 18 heavy (non-hydrogen) atoms. The fraction of sp³-hybridized carbons (Fsp3) is 0.571.